The van der Waals surface area contributed by atoms with Crippen LogP contribution in [0.3, 0.4) is 0 Å². The molecule has 12 heteroatoms. The predicted octanol–water partition coefficient (Wildman–Crippen LogP) is 3.15. The third kappa shape index (κ3) is 8.25. The Morgan fingerprint density at radius 1 is 1.27 bits per heavy atom. The first-order valence-electron chi connectivity index (χ1n) is 10.6. The zero-order chi connectivity index (χ0) is 24.0. The number of likely N-dealkylation sites (tertiary alicyclic amines) is 1. The first-order chi connectivity index (χ1) is 15.6. The number of rotatable bonds is 10. The van der Waals surface area contributed by atoms with Crippen LogP contribution in [-0.4, -0.2) is 81.5 Å². The van der Waals surface area contributed by atoms with Gasteiger partial charge in [0.05, 0.1) is 36.0 Å². The minimum atomic E-state index is -4.61. The van der Waals surface area contributed by atoms with Crippen molar-refractivity contribution >= 4 is 17.5 Å². The molecular formula is C21H27ClF4N2O5. The van der Waals surface area contributed by atoms with Gasteiger partial charge < -0.3 is 19.5 Å². The van der Waals surface area contributed by atoms with Gasteiger partial charge in [0.1, 0.15) is 11.6 Å². The van der Waals surface area contributed by atoms with E-state index in [9.17, 15) is 22.4 Å². The van der Waals surface area contributed by atoms with Crippen LogP contribution in [0.5, 0.6) is 5.75 Å². The van der Waals surface area contributed by atoms with Gasteiger partial charge in [-0.3, -0.25) is 14.4 Å². The number of benzene rings is 1. The molecule has 1 aliphatic carbocycles. The Balaban J connectivity index is 1.32. The topological polar surface area (TPSA) is 69.3 Å². The van der Waals surface area contributed by atoms with E-state index < -0.39 is 18.3 Å². The number of methoxy groups -OCH3 is 1. The van der Waals surface area contributed by atoms with Gasteiger partial charge in [0.25, 0.3) is 5.91 Å². The first-order valence-corrected chi connectivity index (χ1v) is 11.0. The maximum Gasteiger partial charge on any atom is 0.522 e. The van der Waals surface area contributed by atoms with Crippen LogP contribution in [0.1, 0.15) is 19.3 Å². The van der Waals surface area contributed by atoms with Crippen LogP contribution in [0.15, 0.2) is 18.2 Å². The van der Waals surface area contributed by atoms with Gasteiger partial charge >= 0.3 is 6.36 Å². The van der Waals surface area contributed by atoms with Gasteiger partial charge in [0, 0.05) is 45.7 Å². The van der Waals surface area contributed by atoms with E-state index in [0.29, 0.717) is 32.7 Å². The van der Waals surface area contributed by atoms with Crippen molar-refractivity contribution in [3.8, 4) is 5.75 Å². The minimum Gasteiger partial charge on any atom is -0.484 e. The molecule has 1 heterocycles. The zero-order valence-corrected chi connectivity index (χ0v) is 18.8. The SMILES string of the molecule is CO[C@@H]1CN(CCO[C@H]2C[C@@H](OC(F)(F)F)C2)CCC1NC(=O)COc1ccc(Cl)c(F)c1. The second-order valence-corrected chi connectivity index (χ2v) is 8.46. The van der Waals surface area contributed by atoms with Crippen molar-refractivity contribution in [1.82, 2.24) is 10.2 Å². The van der Waals surface area contributed by atoms with Crippen LogP contribution in [0.2, 0.25) is 5.02 Å². The van der Waals surface area contributed by atoms with Gasteiger partial charge in [0.2, 0.25) is 0 Å². The first kappa shape index (κ1) is 26.0. The molecule has 0 aromatic heterocycles. The molecule has 0 radical (unpaired) electrons. The number of nitrogens with one attached hydrogen (secondary N) is 1. The lowest BCUT2D eigenvalue weighted by Crippen LogP contribution is -2.56. The van der Waals surface area contributed by atoms with Gasteiger partial charge in [-0.15, -0.1) is 13.2 Å². The summed E-state index contributed by atoms with van der Waals surface area (Å²) in [5.41, 5.74) is 0. The average Bonchev–Trinajstić information content (AvgIpc) is 2.72. The molecule has 7 nitrogen and oxygen atoms in total. The lowest BCUT2D eigenvalue weighted by molar-refractivity contribution is -0.357. The fourth-order valence-corrected chi connectivity index (χ4v) is 3.96. The summed E-state index contributed by atoms with van der Waals surface area (Å²) in [6.45, 7) is 1.99. The Morgan fingerprint density at radius 3 is 2.70 bits per heavy atom. The second kappa shape index (κ2) is 11.7. The van der Waals surface area contributed by atoms with Gasteiger partial charge in [0.15, 0.2) is 6.61 Å². The highest BCUT2D eigenvalue weighted by Crippen LogP contribution is 2.32. The van der Waals surface area contributed by atoms with Crippen molar-refractivity contribution in [2.75, 3.05) is 40.0 Å². The summed E-state index contributed by atoms with van der Waals surface area (Å²) in [7, 11) is 1.56. The van der Waals surface area contributed by atoms with Gasteiger partial charge in [-0.1, -0.05) is 11.6 Å². The van der Waals surface area contributed by atoms with Crippen LogP contribution in [0, 0.1) is 5.82 Å². The molecule has 33 heavy (non-hydrogen) atoms. The van der Waals surface area contributed by atoms with E-state index in [1.807, 2.05) is 0 Å². The predicted molar refractivity (Wildman–Crippen MR) is 111 cm³/mol. The molecule has 1 saturated carbocycles. The fourth-order valence-electron chi connectivity index (χ4n) is 3.84. The molecule has 2 aliphatic rings. The number of halogens is 5. The number of amides is 1. The molecule has 1 amide bonds. The summed E-state index contributed by atoms with van der Waals surface area (Å²) in [5, 5.41) is 2.85. The van der Waals surface area contributed by atoms with Gasteiger partial charge in [-0.2, -0.15) is 0 Å². The third-order valence-corrected chi connectivity index (χ3v) is 5.97. The fraction of sp³-hybridized carbons (Fsp3) is 0.667. The van der Waals surface area contributed by atoms with E-state index in [4.69, 9.17) is 25.8 Å². The third-order valence-electron chi connectivity index (χ3n) is 5.67. The molecule has 1 N–H and O–H groups in total. The quantitative estimate of drug-likeness (QED) is 0.500. The number of hydrogen-bond donors (Lipinski definition) is 1. The highest BCUT2D eigenvalue weighted by molar-refractivity contribution is 6.30. The molecule has 1 aromatic carbocycles. The lowest BCUT2D eigenvalue weighted by atomic mass is 9.92. The van der Waals surface area contributed by atoms with Crippen molar-refractivity contribution in [3.05, 3.63) is 29.0 Å². The van der Waals surface area contributed by atoms with Gasteiger partial charge in [-0.05, 0) is 18.6 Å². The highest BCUT2D eigenvalue weighted by atomic mass is 35.5. The molecule has 1 saturated heterocycles. The van der Waals surface area contributed by atoms with E-state index >= 15 is 0 Å². The second-order valence-electron chi connectivity index (χ2n) is 8.05. The summed E-state index contributed by atoms with van der Waals surface area (Å²) in [4.78, 5) is 14.4. The van der Waals surface area contributed by atoms with Crippen LogP contribution in [0.4, 0.5) is 17.6 Å². The normalized spacial score (nSPS) is 26.0. The monoisotopic (exact) mass is 498 g/mol. The van der Waals surface area contributed by atoms with Crippen LogP contribution < -0.4 is 10.1 Å². The van der Waals surface area contributed by atoms with E-state index in [0.717, 1.165) is 6.07 Å². The lowest BCUT2D eigenvalue weighted by Gasteiger charge is -2.39. The maximum absolute atomic E-state index is 13.5. The summed E-state index contributed by atoms with van der Waals surface area (Å²) in [6, 6.07) is 3.73. The number of nitrogens with zero attached hydrogens (tertiary/aromatic N) is 1. The zero-order valence-electron chi connectivity index (χ0n) is 18.1. The molecule has 0 bridgehead atoms. The number of ether oxygens (including phenoxy) is 4. The molecule has 1 aromatic rings. The van der Waals surface area contributed by atoms with Crippen LogP contribution in [0.25, 0.3) is 0 Å². The number of hydrogen-bond acceptors (Lipinski definition) is 6. The summed E-state index contributed by atoms with van der Waals surface area (Å²) in [5.74, 6) is -0.778. The van der Waals surface area contributed by atoms with Crippen molar-refractivity contribution in [1.29, 1.82) is 0 Å². The summed E-state index contributed by atoms with van der Waals surface area (Å²) >= 11 is 5.62. The van der Waals surface area contributed by atoms with Crippen LogP contribution >= 0.6 is 11.6 Å². The highest BCUT2D eigenvalue weighted by Gasteiger charge is 2.40. The van der Waals surface area contributed by atoms with E-state index in [-0.39, 0.29) is 54.4 Å². The molecule has 1 unspecified atom stereocenters. The summed E-state index contributed by atoms with van der Waals surface area (Å²) in [6.07, 6.45) is -4.78. The van der Waals surface area contributed by atoms with E-state index in [1.165, 1.54) is 12.1 Å². The number of carbonyl (C=O) groups is 1. The van der Waals surface area contributed by atoms with Crippen molar-refractivity contribution in [2.45, 2.75) is 50.0 Å². The Labute approximate surface area is 194 Å². The standard InChI is InChI=1S/C21H27ClF4N2O5/c1-30-19-11-28(6-7-31-14-8-15(9-14)33-21(24,25)26)5-4-18(19)27-20(29)12-32-13-2-3-16(22)17(23)10-13/h2-3,10,14-15,18-19H,4-9,11-12H2,1H3,(H,27,29)/t14-,15+,18?,19-/m1/s1. The smallest absolute Gasteiger partial charge is 0.484 e. The molecular weight excluding hydrogens is 472 g/mol. The number of alkyl halides is 3. The largest absolute Gasteiger partial charge is 0.522 e. The Hall–Kier alpha value is -1.66. The Bertz CT molecular complexity index is 794. The van der Waals surface area contributed by atoms with E-state index in [1.54, 1.807) is 7.11 Å². The molecule has 0 spiro atoms. The molecule has 2 fully saturated rings. The number of carbonyl (C=O) groups excluding carboxylic acids is 1. The Kier molecular flexibility index (Phi) is 9.17. The van der Waals surface area contributed by atoms with Crippen LogP contribution in [-0.2, 0) is 19.0 Å². The average molecular weight is 499 g/mol. The van der Waals surface area contributed by atoms with Crippen molar-refractivity contribution in [3.63, 3.8) is 0 Å². The minimum absolute atomic E-state index is 0.0285. The van der Waals surface area contributed by atoms with E-state index in [2.05, 4.69) is 15.0 Å². The van der Waals surface area contributed by atoms with Crippen molar-refractivity contribution in [2.24, 2.45) is 0 Å². The molecule has 3 rings (SSSR count). The number of piperidine rings is 1. The molecule has 2 atom stereocenters. The maximum atomic E-state index is 13.5. The molecule has 186 valence electrons. The molecule has 1 aliphatic heterocycles. The Morgan fingerprint density at radius 2 is 2.03 bits per heavy atom. The summed E-state index contributed by atoms with van der Waals surface area (Å²) < 4.78 is 70.3. The van der Waals surface area contributed by atoms with Gasteiger partial charge in [-0.25, -0.2) is 4.39 Å². The van der Waals surface area contributed by atoms with Crippen molar-refractivity contribution < 1.29 is 41.3 Å².